The van der Waals surface area contributed by atoms with Gasteiger partial charge in [0, 0.05) is 0 Å². The van der Waals surface area contributed by atoms with E-state index in [2.05, 4.69) is 5.32 Å². The lowest BCUT2D eigenvalue weighted by Gasteiger charge is -2.15. The molecule has 0 bridgehead atoms. The van der Waals surface area contributed by atoms with Crippen molar-refractivity contribution in [2.75, 3.05) is 6.61 Å². The van der Waals surface area contributed by atoms with Crippen molar-refractivity contribution >= 4 is 5.91 Å². The van der Waals surface area contributed by atoms with Crippen LogP contribution in [0.1, 0.15) is 18.5 Å². The molecule has 3 nitrogen and oxygen atoms in total. The third-order valence-corrected chi connectivity index (χ3v) is 2.02. The van der Waals surface area contributed by atoms with Gasteiger partial charge in [0.1, 0.15) is 0 Å². The lowest BCUT2D eigenvalue weighted by Crippen LogP contribution is -2.29. The molecule has 2 N–H and O–H groups in total. The van der Waals surface area contributed by atoms with Gasteiger partial charge in [-0.1, -0.05) is 36.4 Å². The van der Waals surface area contributed by atoms with Gasteiger partial charge in [0.25, 0.3) is 0 Å². The smallest absolute Gasteiger partial charge is 0.244 e. The Morgan fingerprint density at radius 2 is 2.13 bits per heavy atom. The monoisotopic (exact) mass is 205 g/mol. The lowest BCUT2D eigenvalue weighted by atomic mass is 10.1. The minimum atomic E-state index is -0.338. The van der Waals surface area contributed by atoms with E-state index in [1.54, 1.807) is 13.0 Å². The number of rotatable bonds is 4. The maximum absolute atomic E-state index is 11.3. The number of benzene rings is 1. The molecule has 0 saturated heterocycles. The molecule has 15 heavy (non-hydrogen) atoms. The molecule has 0 heterocycles. The number of hydrogen-bond donors (Lipinski definition) is 2. The predicted octanol–water partition coefficient (Wildman–Crippen LogP) is 1.41. The highest BCUT2D eigenvalue weighted by atomic mass is 16.3. The first-order valence-electron chi connectivity index (χ1n) is 4.87. The van der Waals surface area contributed by atoms with Gasteiger partial charge in [-0.3, -0.25) is 4.79 Å². The molecule has 0 saturated carbocycles. The Hall–Kier alpha value is -1.61. The summed E-state index contributed by atoms with van der Waals surface area (Å²) in [5.74, 6) is -0.194. The number of nitrogens with one attached hydrogen (secondary N) is 1. The van der Waals surface area contributed by atoms with Crippen LogP contribution in [0.25, 0.3) is 0 Å². The highest BCUT2D eigenvalue weighted by molar-refractivity contribution is 5.87. The molecule has 1 aromatic rings. The van der Waals surface area contributed by atoms with E-state index in [0.29, 0.717) is 0 Å². The van der Waals surface area contributed by atoms with Crippen LogP contribution in [-0.2, 0) is 4.79 Å². The second-order valence-electron chi connectivity index (χ2n) is 3.15. The Labute approximate surface area is 89.4 Å². The molecule has 80 valence electrons. The normalized spacial score (nSPS) is 12.7. The number of amides is 1. The average Bonchev–Trinajstić information content (AvgIpc) is 2.27. The van der Waals surface area contributed by atoms with E-state index < -0.39 is 0 Å². The fourth-order valence-electron chi connectivity index (χ4n) is 1.29. The second kappa shape index (κ2) is 5.98. The van der Waals surface area contributed by atoms with Crippen LogP contribution in [0.15, 0.2) is 42.5 Å². The SMILES string of the molecule is C/C=C/C(=O)N[C@H](CO)c1ccccc1. The zero-order chi connectivity index (χ0) is 11.1. The molecule has 0 aliphatic heterocycles. The van der Waals surface area contributed by atoms with Gasteiger partial charge in [-0.05, 0) is 18.6 Å². The summed E-state index contributed by atoms with van der Waals surface area (Å²) in [5.41, 5.74) is 0.901. The van der Waals surface area contributed by atoms with Crippen LogP contribution in [-0.4, -0.2) is 17.6 Å². The molecule has 3 heteroatoms. The van der Waals surface area contributed by atoms with Crippen molar-refractivity contribution in [3.05, 3.63) is 48.0 Å². The number of allylic oxidation sites excluding steroid dienone is 1. The van der Waals surface area contributed by atoms with Gasteiger partial charge in [0.05, 0.1) is 12.6 Å². The predicted molar refractivity (Wildman–Crippen MR) is 59.2 cm³/mol. The minimum Gasteiger partial charge on any atom is -0.394 e. The summed E-state index contributed by atoms with van der Waals surface area (Å²) in [6.45, 7) is 1.67. The Kier molecular flexibility index (Phi) is 4.57. The van der Waals surface area contributed by atoms with Gasteiger partial charge < -0.3 is 10.4 Å². The van der Waals surface area contributed by atoms with Crippen LogP contribution in [0.2, 0.25) is 0 Å². The first kappa shape index (κ1) is 11.5. The lowest BCUT2D eigenvalue weighted by molar-refractivity contribution is -0.117. The molecule has 1 aromatic carbocycles. The Morgan fingerprint density at radius 1 is 1.47 bits per heavy atom. The average molecular weight is 205 g/mol. The van der Waals surface area contributed by atoms with E-state index in [1.165, 1.54) is 6.08 Å². The van der Waals surface area contributed by atoms with Crippen molar-refractivity contribution in [2.45, 2.75) is 13.0 Å². The number of carbonyl (C=O) groups excluding carboxylic acids is 1. The highest BCUT2D eigenvalue weighted by Gasteiger charge is 2.10. The molecule has 0 aliphatic carbocycles. The molecule has 0 aromatic heterocycles. The van der Waals surface area contributed by atoms with Crippen molar-refractivity contribution < 1.29 is 9.90 Å². The van der Waals surface area contributed by atoms with Gasteiger partial charge in [-0.25, -0.2) is 0 Å². The molecule has 0 fully saturated rings. The third kappa shape index (κ3) is 3.56. The highest BCUT2D eigenvalue weighted by Crippen LogP contribution is 2.11. The van der Waals surface area contributed by atoms with E-state index >= 15 is 0 Å². The third-order valence-electron chi connectivity index (χ3n) is 2.02. The molecular formula is C12H15NO2. The van der Waals surface area contributed by atoms with E-state index in [1.807, 2.05) is 30.3 Å². The fourth-order valence-corrected chi connectivity index (χ4v) is 1.29. The molecular weight excluding hydrogens is 190 g/mol. The van der Waals surface area contributed by atoms with E-state index in [-0.39, 0.29) is 18.6 Å². The maximum Gasteiger partial charge on any atom is 0.244 e. The second-order valence-corrected chi connectivity index (χ2v) is 3.15. The van der Waals surface area contributed by atoms with E-state index in [9.17, 15) is 4.79 Å². The van der Waals surface area contributed by atoms with Crippen molar-refractivity contribution in [1.82, 2.24) is 5.32 Å². The number of hydrogen-bond acceptors (Lipinski definition) is 2. The Balaban J connectivity index is 2.69. The van der Waals surface area contributed by atoms with Crippen molar-refractivity contribution in [3.8, 4) is 0 Å². The fraction of sp³-hybridized carbons (Fsp3) is 0.250. The quantitative estimate of drug-likeness (QED) is 0.730. The van der Waals surface area contributed by atoms with Crippen LogP contribution in [0.4, 0.5) is 0 Å². The first-order valence-corrected chi connectivity index (χ1v) is 4.87. The summed E-state index contributed by atoms with van der Waals surface area (Å²) >= 11 is 0. The van der Waals surface area contributed by atoms with Crippen LogP contribution >= 0.6 is 0 Å². The first-order chi connectivity index (χ1) is 7.27. The van der Waals surface area contributed by atoms with Gasteiger partial charge in [-0.2, -0.15) is 0 Å². The summed E-state index contributed by atoms with van der Waals surface area (Å²) < 4.78 is 0. The summed E-state index contributed by atoms with van der Waals surface area (Å²) in [6.07, 6.45) is 3.10. The van der Waals surface area contributed by atoms with Crippen LogP contribution < -0.4 is 5.32 Å². The summed E-state index contributed by atoms with van der Waals surface area (Å²) in [7, 11) is 0. The van der Waals surface area contributed by atoms with Crippen molar-refractivity contribution in [1.29, 1.82) is 0 Å². The van der Waals surface area contributed by atoms with Crippen LogP contribution in [0, 0.1) is 0 Å². The van der Waals surface area contributed by atoms with E-state index in [0.717, 1.165) is 5.56 Å². The number of aliphatic hydroxyl groups excluding tert-OH is 1. The van der Waals surface area contributed by atoms with Crippen LogP contribution in [0.5, 0.6) is 0 Å². The van der Waals surface area contributed by atoms with E-state index in [4.69, 9.17) is 5.11 Å². The number of aliphatic hydroxyl groups is 1. The zero-order valence-corrected chi connectivity index (χ0v) is 8.68. The maximum atomic E-state index is 11.3. The summed E-state index contributed by atoms with van der Waals surface area (Å²) in [4.78, 5) is 11.3. The summed E-state index contributed by atoms with van der Waals surface area (Å²) in [6, 6.07) is 9.05. The molecule has 0 unspecified atom stereocenters. The van der Waals surface area contributed by atoms with Gasteiger partial charge >= 0.3 is 0 Å². The van der Waals surface area contributed by atoms with Crippen molar-refractivity contribution in [3.63, 3.8) is 0 Å². The molecule has 1 rings (SSSR count). The molecule has 1 atom stereocenters. The molecule has 1 amide bonds. The van der Waals surface area contributed by atoms with Crippen molar-refractivity contribution in [2.24, 2.45) is 0 Å². The topological polar surface area (TPSA) is 49.3 Å². The zero-order valence-electron chi connectivity index (χ0n) is 8.68. The van der Waals surface area contributed by atoms with Gasteiger partial charge in [0.15, 0.2) is 0 Å². The minimum absolute atomic E-state index is 0.104. The largest absolute Gasteiger partial charge is 0.394 e. The molecule has 0 radical (unpaired) electrons. The Morgan fingerprint density at radius 3 is 2.67 bits per heavy atom. The molecule has 0 spiro atoms. The van der Waals surface area contributed by atoms with Crippen LogP contribution in [0.3, 0.4) is 0 Å². The molecule has 0 aliphatic rings. The number of carbonyl (C=O) groups is 1. The standard InChI is InChI=1S/C12H15NO2/c1-2-6-12(15)13-11(9-14)10-7-4-3-5-8-10/h2-8,11,14H,9H2,1H3,(H,13,15)/b6-2+/t11-/m1/s1. The summed E-state index contributed by atoms with van der Waals surface area (Å²) in [5, 5.41) is 11.9. The van der Waals surface area contributed by atoms with Gasteiger partial charge in [0.2, 0.25) is 5.91 Å². The van der Waals surface area contributed by atoms with Gasteiger partial charge in [-0.15, -0.1) is 0 Å². The Bertz CT molecular complexity index is 333.